The first-order valence-electron chi connectivity index (χ1n) is 6.58. The second kappa shape index (κ2) is 5.53. The van der Waals surface area contributed by atoms with Crippen molar-refractivity contribution >= 4 is 0 Å². The van der Waals surface area contributed by atoms with Crippen molar-refractivity contribution in [2.75, 3.05) is 6.54 Å². The average Bonchev–Trinajstić information content (AvgIpc) is 2.92. The van der Waals surface area contributed by atoms with Crippen LogP contribution >= 0.6 is 0 Å². The summed E-state index contributed by atoms with van der Waals surface area (Å²) in [6.07, 6.45) is 7.06. The summed E-state index contributed by atoms with van der Waals surface area (Å²) in [5.41, 5.74) is 0. The molecule has 1 aromatic rings. The fourth-order valence-electron chi connectivity index (χ4n) is 2.75. The minimum atomic E-state index is 0.391. The number of furan rings is 1. The number of nitrogens with one attached hydrogen (secondary N) is 1. The van der Waals surface area contributed by atoms with Crippen molar-refractivity contribution in [2.24, 2.45) is 11.8 Å². The Kier molecular flexibility index (Phi) is 4.05. The van der Waals surface area contributed by atoms with Crippen molar-refractivity contribution < 1.29 is 4.42 Å². The molecule has 2 heteroatoms. The summed E-state index contributed by atoms with van der Waals surface area (Å²) >= 11 is 0. The molecule has 0 amide bonds. The number of hydrogen-bond acceptors (Lipinski definition) is 2. The molecule has 1 heterocycles. The zero-order valence-corrected chi connectivity index (χ0v) is 10.4. The smallest absolute Gasteiger partial charge is 0.120 e. The second-order valence-corrected chi connectivity index (χ2v) is 5.05. The number of rotatable bonds is 5. The summed E-state index contributed by atoms with van der Waals surface area (Å²) in [4.78, 5) is 0. The minimum absolute atomic E-state index is 0.391. The molecule has 3 atom stereocenters. The van der Waals surface area contributed by atoms with Crippen molar-refractivity contribution in [1.82, 2.24) is 5.32 Å². The fourth-order valence-corrected chi connectivity index (χ4v) is 2.75. The highest BCUT2D eigenvalue weighted by molar-refractivity contribution is 5.04. The van der Waals surface area contributed by atoms with E-state index in [9.17, 15) is 0 Å². The van der Waals surface area contributed by atoms with Crippen molar-refractivity contribution in [2.45, 2.75) is 45.6 Å². The van der Waals surface area contributed by atoms with Crippen LogP contribution in [0.5, 0.6) is 0 Å². The summed E-state index contributed by atoms with van der Waals surface area (Å²) in [5, 5.41) is 3.65. The van der Waals surface area contributed by atoms with Gasteiger partial charge < -0.3 is 9.73 Å². The van der Waals surface area contributed by atoms with E-state index in [0.29, 0.717) is 6.04 Å². The molecule has 1 aromatic heterocycles. The Hall–Kier alpha value is -0.760. The fraction of sp³-hybridized carbons (Fsp3) is 0.714. The molecule has 0 aromatic carbocycles. The van der Waals surface area contributed by atoms with Crippen LogP contribution in [-0.4, -0.2) is 6.54 Å². The predicted molar refractivity (Wildman–Crippen MR) is 66.2 cm³/mol. The Bertz CT molecular complexity index is 294. The monoisotopic (exact) mass is 221 g/mol. The van der Waals surface area contributed by atoms with Crippen LogP contribution in [0.1, 0.15) is 51.3 Å². The van der Waals surface area contributed by atoms with Crippen LogP contribution < -0.4 is 5.32 Å². The van der Waals surface area contributed by atoms with Gasteiger partial charge in [0.25, 0.3) is 0 Å². The van der Waals surface area contributed by atoms with Crippen LogP contribution in [-0.2, 0) is 0 Å². The van der Waals surface area contributed by atoms with Gasteiger partial charge >= 0.3 is 0 Å². The molecule has 1 fully saturated rings. The first-order chi connectivity index (χ1) is 7.81. The van der Waals surface area contributed by atoms with E-state index in [1.165, 1.54) is 19.3 Å². The third-order valence-electron chi connectivity index (χ3n) is 3.96. The highest BCUT2D eigenvalue weighted by Gasteiger charge is 2.24. The predicted octanol–water partition coefficient (Wildman–Crippen LogP) is 3.76. The second-order valence-electron chi connectivity index (χ2n) is 5.05. The molecule has 90 valence electrons. The van der Waals surface area contributed by atoms with Gasteiger partial charge in [-0.3, -0.25) is 0 Å². The largest absolute Gasteiger partial charge is 0.468 e. The third kappa shape index (κ3) is 2.67. The normalized spacial score (nSPS) is 27.1. The maximum Gasteiger partial charge on any atom is 0.120 e. The minimum Gasteiger partial charge on any atom is -0.468 e. The van der Waals surface area contributed by atoms with Crippen molar-refractivity contribution in [3.05, 3.63) is 24.2 Å². The van der Waals surface area contributed by atoms with E-state index in [2.05, 4.69) is 25.2 Å². The van der Waals surface area contributed by atoms with Crippen LogP contribution in [0, 0.1) is 11.8 Å². The van der Waals surface area contributed by atoms with Crippen LogP contribution in [0.3, 0.4) is 0 Å². The van der Waals surface area contributed by atoms with Crippen LogP contribution in [0.2, 0.25) is 0 Å². The Balaban J connectivity index is 1.83. The Labute approximate surface area is 98.4 Å². The van der Waals surface area contributed by atoms with Crippen LogP contribution in [0.4, 0.5) is 0 Å². The quantitative estimate of drug-likeness (QED) is 0.819. The van der Waals surface area contributed by atoms with Gasteiger partial charge in [-0.25, -0.2) is 0 Å². The molecule has 1 saturated carbocycles. The molecule has 2 nitrogen and oxygen atoms in total. The van der Waals surface area contributed by atoms with Crippen LogP contribution in [0.25, 0.3) is 0 Å². The lowest BCUT2D eigenvalue weighted by Crippen LogP contribution is -2.28. The first-order valence-corrected chi connectivity index (χ1v) is 6.58. The molecule has 1 aliphatic rings. The molecule has 0 aliphatic heterocycles. The van der Waals surface area contributed by atoms with Gasteiger partial charge in [0.2, 0.25) is 0 Å². The summed E-state index contributed by atoms with van der Waals surface area (Å²) in [5.74, 6) is 2.83. The molecule has 0 radical (unpaired) electrons. The van der Waals surface area contributed by atoms with E-state index in [4.69, 9.17) is 4.42 Å². The van der Waals surface area contributed by atoms with E-state index < -0.39 is 0 Å². The topological polar surface area (TPSA) is 25.2 Å². The molecule has 2 rings (SSSR count). The molecule has 1 N–H and O–H groups in total. The maximum absolute atomic E-state index is 5.47. The molecular formula is C14H23NO. The highest BCUT2D eigenvalue weighted by Crippen LogP contribution is 2.31. The Morgan fingerprint density at radius 1 is 1.50 bits per heavy atom. The standard InChI is InChI=1S/C14H23NO/c1-3-13(14-8-5-9-16-14)15-10-12-7-4-6-11(12)2/h5,8-9,11-13,15H,3-4,6-7,10H2,1-2H3. The lowest BCUT2D eigenvalue weighted by molar-refractivity contribution is 0.339. The Morgan fingerprint density at radius 2 is 2.38 bits per heavy atom. The lowest BCUT2D eigenvalue weighted by Gasteiger charge is -2.20. The maximum atomic E-state index is 5.47. The van der Waals surface area contributed by atoms with E-state index in [-0.39, 0.29) is 0 Å². The molecule has 3 unspecified atom stereocenters. The SMILES string of the molecule is CCC(NCC1CCCC1C)c1ccco1. The first kappa shape index (κ1) is 11.7. The van der Waals surface area contributed by atoms with Gasteiger partial charge in [-0.2, -0.15) is 0 Å². The zero-order chi connectivity index (χ0) is 11.4. The van der Waals surface area contributed by atoms with Gasteiger partial charge in [0.05, 0.1) is 12.3 Å². The summed E-state index contributed by atoms with van der Waals surface area (Å²) in [6.45, 7) is 5.73. The highest BCUT2D eigenvalue weighted by atomic mass is 16.3. The van der Waals surface area contributed by atoms with Crippen molar-refractivity contribution in [3.63, 3.8) is 0 Å². The average molecular weight is 221 g/mol. The van der Waals surface area contributed by atoms with Gasteiger partial charge in [0.1, 0.15) is 5.76 Å². The summed E-state index contributed by atoms with van der Waals surface area (Å²) < 4.78 is 5.47. The van der Waals surface area contributed by atoms with Crippen molar-refractivity contribution in [1.29, 1.82) is 0 Å². The molecule has 0 bridgehead atoms. The van der Waals surface area contributed by atoms with Crippen molar-refractivity contribution in [3.8, 4) is 0 Å². The molecule has 1 aliphatic carbocycles. The van der Waals surface area contributed by atoms with Gasteiger partial charge in [0, 0.05) is 0 Å². The third-order valence-corrected chi connectivity index (χ3v) is 3.96. The summed E-state index contributed by atoms with van der Waals surface area (Å²) in [6, 6.07) is 4.43. The number of hydrogen-bond donors (Lipinski definition) is 1. The van der Waals surface area contributed by atoms with E-state index >= 15 is 0 Å². The summed E-state index contributed by atoms with van der Waals surface area (Å²) in [7, 11) is 0. The van der Waals surface area contributed by atoms with Crippen LogP contribution in [0.15, 0.2) is 22.8 Å². The van der Waals surface area contributed by atoms with Gasteiger partial charge in [-0.1, -0.05) is 26.7 Å². The van der Waals surface area contributed by atoms with E-state index in [0.717, 1.165) is 30.6 Å². The molecular weight excluding hydrogens is 198 g/mol. The van der Waals surface area contributed by atoms with E-state index in [1.807, 2.05) is 6.07 Å². The van der Waals surface area contributed by atoms with Gasteiger partial charge in [-0.15, -0.1) is 0 Å². The van der Waals surface area contributed by atoms with E-state index in [1.54, 1.807) is 6.26 Å². The molecule has 0 spiro atoms. The Morgan fingerprint density at radius 3 is 2.94 bits per heavy atom. The lowest BCUT2D eigenvalue weighted by atomic mass is 9.97. The zero-order valence-electron chi connectivity index (χ0n) is 10.4. The van der Waals surface area contributed by atoms with Gasteiger partial charge in [-0.05, 0) is 43.4 Å². The molecule has 16 heavy (non-hydrogen) atoms. The van der Waals surface area contributed by atoms with Gasteiger partial charge in [0.15, 0.2) is 0 Å². The molecule has 0 saturated heterocycles.